The number of halogens is 4. The van der Waals surface area contributed by atoms with Gasteiger partial charge in [-0.05, 0) is 6.07 Å². The van der Waals surface area contributed by atoms with E-state index in [1.54, 1.807) is 0 Å². The first-order valence-electron chi connectivity index (χ1n) is 2.90. The molecule has 6 heteroatoms. The van der Waals surface area contributed by atoms with Crippen molar-refractivity contribution in [1.29, 1.82) is 0 Å². The number of nitrogens with zero attached hydrogens (tertiary/aromatic N) is 1. The molecule has 0 bridgehead atoms. The second-order valence-electron chi connectivity index (χ2n) is 2.06. The molecule has 0 fully saturated rings. The van der Waals surface area contributed by atoms with Gasteiger partial charge in [0.1, 0.15) is 0 Å². The van der Waals surface area contributed by atoms with Crippen molar-refractivity contribution in [3.63, 3.8) is 0 Å². The summed E-state index contributed by atoms with van der Waals surface area (Å²) in [5, 5.41) is 0. The molecule has 0 unspecified atom stereocenters. The highest BCUT2D eigenvalue weighted by atomic mass is 19.4. The third kappa shape index (κ3) is 1.46. The molecular formula is C6H4F4N2. The summed E-state index contributed by atoms with van der Waals surface area (Å²) in [7, 11) is 0. The van der Waals surface area contributed by atoms with Crippen LogP contribution in [0.25, 0.3) is 0 Å². The van der Waals surface area contributed by atoms with Gasteiger partial charge in [0.2, 0.25) is 0 Å². The van der Waals surface area contributed by atoms with E-state index in [4.69, 9.17) is 5.73 Å². The van der Waals surface area contributed by atoms with Crippen LogP contribution in [0, 0.1) is 5.82 Å². The Kier molecular flexibility index (Phi) is 1.91. The lowest BCUT2D eigenvalue weighted by atomic mass is 10.2. The predicted molar refractivity (Wildman–Crippen MR) is 33.6 cm³/mol. The Bertz CT molecular complexity index is 294. The minimum absolute atomic E-state index is 0.533. The Morgan fingerprint density at radius 1 is 1.33 bits per heavy atom. The van der Waals surface area contributed by atoms with Gasteiger partial charge in [-0.25, -0.2) is 9.37 Å². The normalized spacial score (nSPS) is 11.7. The number of nitrogens with two attached hydrogens (primary N) is 1. The molecule has 0 radical (unpaired) electrons. The number of hydrogen-bond acceptors (Lipinski definition) is 2. The molecule has 2 N–H and O–H groups in total. The van der Waals surface area contributed by atoms with Crippen LogP contribution >= 0.6 is 0 Å². The molecule has 1 rings (SSSR count). The molecule has 0 saturated carbocycles. The Hall–Kier alpha value is -1.33. The number of nitrogen functional groups attached to an aromatic ring is 1. The molecule has 66 valence electrons. The number of hydrogen-bond donors (Lipinski definition) is 1. The second-order valence-corrected chi connectivity index (χ2v) is 2.06. The van der Waals surface area contributed by atoms with E-state index in [1.807, 2.05) is 0 Å². The molecule has 0 amide bonds. The molecule has 0 aromatic carbocycles. The minimum atomic E-state index is -4.72. The van der Waals surface area contributed by atoms with E-state index in [9.17, 15) is 17.6 Å². The minimum Gasteiger partial charge on any atom is -0.381 e. The van der Waals surface area contributed by atoms with Crippen molar-refractivity contribution in [3.05, 3.63) is 23.6 Å². The monoisotopic (exact) mass is 180 g/mol. The summed E-state index contributed by atoms with van der Waals surface area (Å²) in [6, 6.07) is 0.533. The van der Waals surface area contributed by atoms with Gasteiger partial charge in [0.15, 0.2) is 11.6 Å². The molecule has 0 aliphatic heterocycles. The Morgan fingerprint density at radius 2 is 1.92 bits per heavy atom. The Labute approximate surface area is 65.0 Å². The maximum Gasteiger partial charge on any atom is 0.419 e. The topological polar surface area (TPSA) is 38.9 Å². The first-order valence-corrected chi connectivity index (χ1v) is 2.90. The number of alkyl halides is 3. The Morgan fingerprint density at radius 3 is 2.33 bits per heavy atom. The van der Waals surface area contributed by atoms with Crippen LogP contribution in [0.4, 0.5) is 23.4 Å². The predicted octanol–water partition coefficient (Wildman–Crippen LogP) is 1.82. The van der Waals surface area contributed by atoms with Crippen LogP contribution in [0.3, 0.4) is 0 Å². The maximum absolute atomic E-state index is 12.6. The molecule has 2 nitrogen and oxygen atoms in total. The summed E-state index contributed by atoms with van der Waals surface area (Å²) in [4.78, 5) is 3.16. The van der Waals surface area contributed by atoms with E-state index in [1.165, 1.54) is 0 Å². The van der Waals surface area contributed by atoms with Crippen LogP contribution in [0.15, 0.2) is 12.3 Å². The summed E-state index contributed by atoms with van der Waals surface area (Å²) in [5.74, 6) is -2.27. The van der Waals surface area contributed by atoms with Crippen LogP contribution in [0.1, 0.15) is 5.56 Å². The number of anilines is 1. The average molecular weight is 180 g/mol. The fourth-order valence-corrected chi connectivity index (χ4v) is 0.679. The molecule has 1 aromatic heterocycles. The zero-order chi connectivity index (χ0) is 9.35. The summed E-state index contributed by atoms with van der Waals surface area (Å²) in [6.07, 6.45) is -3.91. The van der Waals surface area contributed by atoms with E-state index in [0.29, 0.717) is 6.07 Å². The lowest BCUT2D eigenvalue weighted by Gasteiger charge is -2.07. The lowest BCUT2D eigenvalue weighted by Crippen LogP contribution is -2.10. The molecule has 0 atom stereocenters. The van der Waals surface area contributed by atoms with Crippen LogP contribution < -0.4 is 5.73 Å². The number of aromatic nitrogens is 1. The molecule has 0 saturated heterocycles. The zero-order valence-corrected chi connectivity index (χ0v) is 5.69. The van der Waals surface area contributed by atoms with Crippen molar-refractivity contribution >= 4 is 5.82 Å². The summed E-state index contributed by atoms with van der Waals surface area (Å²) >= 11 is 0. The van der Waals surface area contributed by atoms with Gasteiger partial charge >= 0.3 is 6.18 Å². The molecule has 0 aliphatic rings. The average Bonchev–Trinajstić information content (AvgIpc) is 1.92. The van der Waals surface area contributed by atoms with Crippen LogP contribution in [0.2, 0.25) is 0 Å². The van der Waals surface area contributed by atoms with Gasteiger partial charge in [-0.2, -0.15) is 13.2 Å². The van der Waals surface area contributed by atoms with Crippen LogP contribution in [-0.2, 0) is 6.18 Å². The third-order valence-electron chi connectivity index (χ3n) is 1.22. The van der Waals surface area contributed by atoms with Crippen molar-refractivity contribution in [2.45, 2.75) is 6.18 Å². The molecule has 12 heavy (non-hydrogen) atoms. The highest BCUT2D eigenvalue weighted by molar-refractivity contribution is 5.35. The van der Waals surface area contributed by atoms with Gasteiger partial charge in [-0.1, -0.05) is 0 Å². The van der Waals surface area contributed by atoms with Gasteiger partial charge in [0.25, 0.3) is 0 Å². The molecule has 1 heterocycles. The van der Waals surface area contributed by atoms with Crippen molar-refractivity contribution < 1.29 is 17.6 Å². The van der Waals surface area contributed by atoms with Gasteiger partial charge in [-0.15, -0.1) is 0 Å². The fourth-order valence-electron chi connectivity index (χ4n) is 0.679. The smallest absolute Gasteiger partial charge is 0.381 e. The van der Waals surface area contributed by atoms with Crippen LogP contribution in [-0.4, -0.2) is 4.98 Å². The summed E-state index contributed by atoms with van der Waals surface area (Å²) in [6.45, 7) is 0. The molecule has 1 aromatic rings. The third-order valence-corrected chi connectivity index (χ3v) is 1.22. The zero-order valence-electron chi connectivity index (χ0n) is 5.69. The largest absolute Gasteiger partial charge is 0.419 e. The van der Waals surface area contributed by atoms with Gasteiger partial charge in [-0.3, -0.25) is 0 Å². The van der Waals surface area contributed by atoms with E-state index in [2.05, 4.69) is 4.98 Å². The lowest BCUT2D eigenvalue weighted by molar-refractivity contribution is -0.139. The van der Waals surface area contributed by atoms with Crippen molar-refractivity contribution in [2.75, 3.05) is 5.73 Å². The Balaban J connectivity index is 3.26. The first-order chi connectivity index (χ1) is 5.43. The molecule has 0 spiro atoms. The van der Waals surface area contributed by atoms with Gasteiger partial charge < -0.3 is 5.73 Å². The number of rotatable bonds is 0. The first kappa shape index (κ1) is 8.76. The standard InChI is InChI=1S/C6H4F4N2/c7-4-3(6(8,9)10)1-2-12-5(4)11/h1-2H,(H2,11,12). The maximum atomic E-state index is 12.6. The summed E-state index contributed by atoms with van der Waals surface area (Å²) in [5.41, 5.74) is 3.44. The van der Waals surface area contributed by atoms with E-state index in [0.717, 1.165) is 6.20 Å². The molecule has 0 aliphatic carbocycles. The highest BCUT2D eigenvalue weighted by Gasteiger charge is 2.34. The van der Waals surface area contributed by atoms with Crippen LogP contribution in [0.5, 0.6) is 0 Å². The summed E-state index contributed by atoms with van der Waals surface area (Å²) < 4.78 is 48.3. The van der Waals surface area contributed by atoms with E-state index < -0.39 is 23.4 Å². The number of pyridine rings is 1. The van der Waals surface area contributed by atoms with Gasteiger partial charge in [0.05, 0.1) is 5.56 Å². The van der Waals surface area contributed by atoms with Gasteiger partial charge in [0, 0.05) is 6.20 Å². The van der Waals surface area contributed by atoms with E-state index in [-0.39, 0.29) is 0 Å². The van der Waals surface area contributed by atoms with Crippen molar-refractivity contribution in [2.24, 2.45) is 0 Å². The van der Waals surface area contributed by atoms with E-state index >= 15 is 0 Å². The quantitative estimate of drug-likeness (QED) is 0.618. The molecular weight excluding hydrogens is 176 g/mol. The SMILES string of the molecule is Nc1nccc(C(F)(F)F)c1F. The second kappa shape index (κ2) is 2.62. The van der Waals surface area contributed by atoms with Crippen molar-refractivity contribution in [3.8, 4) is 0 Å². The highest BCUT2D eigenvalue weighted by Crippen LogP contribution is 2.32. The van der Waals surface area contributed by atoms with Crippen molar-refractivity contribution in [1.82, 2.24) is 4.98 Å². The fraction of sp³-hybridized carbons (Fsp3) is 0.167.